The number of aryl methyl sites for hydroxylation is 1. The number of benzene rings is 1. The zero-order valence-corrected chi connectivity index (χ0v) is 18.0. The molecule has 6 heteroatoms. The Hall–Kier alpha value is -2.89. The quantitative estimate of drug-likeness (QED) is 0.386. The Morgan fingerprint density at radius 1 is 1.13 bits per heavy atom. The molecule has 158 valence electrons. The molecule has 0 radical (unpaired) electrons. The van der Waals surface area contributed by atoms with Gasteiger partial charge in [0, 0.05) is 39.3 Å². The third kappa shape index (κ3) is 4.48. The van der Waals surface area contributed by atoms with E-state index in [0.29, 0.717) is 11.8 Å². The average Bonchev–Trinajstić information content (AvgIpc) is 3.22. The van der Waals surface area contributed by atoms with Crippen molar-refractivity contribution in [3.05, 3.63) is 66.1 Å². The van der Waals surface area contributed by atoms with Gasteiger partial charge in [-0.25, -0.2) is 0 Å². The number of hydrogen-bond donors (Lipinski definition) is 1. The zero-order chi connectivity index (χ0) is 20.8. The van der Waals surface area contributed by atoms with Gasteiger partial charge in [0.2, 0.25) is 0 Å². The van der Waals surface area contributed by atoms with Crippen molar-refractivity contribution in [3.63, 3.8) is 0 Å². The fourth-order valence-corrected chi connectivity index (χ4v) is 4.62. The number of hydrogen-bond acceptors (Lipinski definition) is 3. The van der Waals surface area contributed by atoms with E-state index in [1.165, 1.54) is 18.4 Å². The molecule has 0 amide bonds. The van der Waals surface area contributed by atoms with E-state index in [-0.39, 0.29) is 0 Å². The standard InChI is InChI=1S/C24H32N6/c1-3-19-18-29(17-14-21(19)20-10-5-4-6-11-20)24(25-2)26-15-9-13-23-28-27-22-12-7-8-16-30(22)23/h4-8,10-12,16,19,21H,3,9,13-15,17-18H2,1-2H3,(H,25,26). The molecule has 2 atom stereocenters. The van der Waals surface area contributed by atoms with Crippen LogP contribution in [0.25, 0.3) is 5.65 Å². The molecule has 0 saturated carbocycles. The van der Waals surface area contributed by atoms with E-state index in [9.17, 15) is 0 Å². The number of nitrogens with zero attached hydrogens (tertiary/aromatic N) is 5. The highest BCUT2D eigenvalue weighted by Crippen LogP contribution is 2.34. The van der Waals surface area contributed by atoms with Crippen LogP contribution in [0.15, 0.2) is 59.7 Å². The number of nitrogens with one attached hydrogen (secondary N) is 1. The van der Waals surface area contributed by atoms with Crippen LogP contribution < -0.4 is 5.32 Å². The number of likely N-dealkylation sites (tertiary alicyclic amines) is 1. The predicted molar refractivity (Wildman–Crippen MR) is 122 cm³/mol. The highest BCUT2D eigenvalue weighted by Gasteiger charge is 2.30. The molecule has 30 heavy (non-hydrogen) atoms. The second kappa shape index (κ2) is 9.74. The van der Waals surface area contributed by atoms with Crippen LogP contribution >= 0.6 is 0 Å². The van der Waals surface area contributed by atoms with E-state index in [2.05, 4.69) is 67.1 Å². The third-order valence-corrected chi connectivity index (χ3v) is 6.24. The molecular weight excluding hydrogens is 372 g/mol. The summed E-state index contributed by atoms with van der Waals surface area (Å²) in [6.07, 6.45) is 6.27. The van der Waals surface area contributed by atoms with Crippen molar-refractivity contribution < 1.29 is 0 Å². The molecule has 1 N–H and O–H groups in total. The third-order valence-electron chi connectivity index (χ3n) is 6.24. The monoisotopic (exact) mass is 404 g/mol. The first kappa shape index (κ1) is 20.4. The Morgan fingerprint density at radius 3 is 2.77 bits per heavy atom. The molecule has 1 aliphatic heterocycles. The summed E-state index contributed by atoms with van der Waals surface area (Å²) in [4.78, 5) is 6.99. The molecule has 3 heterocycles. The molecule has 1 fully saturated rings. The molecule has 0 aliphatic carbocycles. The zero-order valence-electron chi connectivity index (χ0n) is 18.0. The fraction of sp³-hybridized carbons (Fsp3) is 0.458. The van der Waals surface area contributed by atoms with Crippen LogP contribution in [0.1, 0.15) is 43.5 Å². The van der Waals surface area contributed by atoms with Gasteiger partial charge in [0.1, 0.15) is 5.82 Å². The van der Waals surface area contributed by atoms with Crippen LogP contribution in [0, 0.1) is 5.92 Å². The number of aliphatic imine (C=N–C) groups is 1. The van der Waals surface area contributed by atoms with Crippen LogP contribution in [0.5, 0.6) is 0 Å². The van der Waals surface area contributed by atoms with Gasteiger partial charge in [0.15, 0.2) is 11.6 Å². The summed E-state index contributed by atoms with van der Waals surface area (Å²) in [7, 11) is 1.89. The smallest absolute Gasteiger partial charge is 0.193 e. The molecule has 2 unspecified atom stereocenters. The lowest BCUT2D eigenvalue weighted by Crippen LogP contribution is -2.48. The van der Waals surface area contributed by atoms with Crippen LogP contribution in [0.3, 0.4) is 0 Å². The maximum Gasteiger partial charge on any atom is 0.193 e. The van der Waals surface area contributed by atoms with E-state index in [1.54, 1.807) is 0 Å². The predicted octanol–water partition coefficient (Wildman–Crippen LogP) is 3.75. The molecule has 2 aromatic heterocycles. The topological polar surface area (TPSA) is 57.8 Å². The minimum Gasteiger partial charge on any atom is -0.356 e. The van der Waals surface area contributed by atoms with Crippen molar-refractivity contribution in [2.24, 2.45) is 10.9 Å². The Labute approximate surface area is 179 Å². The minimum atomic E-state index is 0.645. The SMILES string of the molecule is CCC1CN(C(=NC)NCCCc2nnc3ccccn23)CCC1c1ccccc1. The van der Waals surface area contributed by atoms with E-state index in [1.807, 2.05) is 31.4 Å². The van der Waals surface area contributed by atoms with Gasteiger partial charge in [-0.3, -0.25) is 9.39 Å². The highest BCUT2D eigenvalue weighted by molar-refractivity contribution is 5.80. The van der Waals surface area contributed by atoms with Gasteiger partial charge < -0.3 is 10.2 Å². The fourth-order valence-electron chi connectivity index (χ4n) is 4.62. The van der Waals surface area contributed by atoms with Crippen LogP contribution in [-0.4, -0.2) is 52.1 Å². The minimum absolute atomic E-state index is 0.645. The van der Waals surface area contributed by atoms with Gasteiger partial charge >= 0.3 is 0 Å². The van der Waals surface area contributed by atoms with Gasteiger partial charge in [0.25, 0.3) is 0 Å². The van der Waals surface area contributed by atoms with Crippen molar-refractivity contribution in [1.29, 1.82) is 0 Å². The van der Waals surface area contributed by atoms with Gasteiger partial charge in [0.05, 0.1) is 0 Å². The largest absolute Gasteiger partial charge is 0.356 e. The first-order valence-electron chi connectivity index (χ1n) is 11.1. The molecule has 1 aromatic carbocycles. The maximum atomic E-state index is 4.56. The second-order valence-electron chi connectivity index (χ2n) is 8.04. The van der Waals surface area contributed by atoms with Gasteiger partial charge in [-0.05, 0) is 42.4 Å². The number of pyridine rings is 1. The molecule has 6 nitrogen and oxygen atoms in total. The lowest BCUT2D eigenvalue weighted by molar-refractivity contribution is 0.215. The van der Waals surface area contributed by atoms with Crippen molar-refractivity contribution in [3.8, 4) is 0 Å². The van der Waals surface area contributed by atoms with Crippen molar-refractivity contribution in [2.75, 3.05) is 26.7 Å². The summed E-state index contributed by atoms with van der Waals surface area (Å²) in [5.41, 5.74) is 2.38. The van der Waals surface area contributed by atoms with Gasteiger partial charge in [-0.2, -0.15) is 0 Å². The number of guanidine groups is 1. The van der Waals surface area contributed by atoms with E-state index >= 15 is 0 Å². The summed E-state index contributed by atoms with van der Waals surface area (Å²) in [5.74, 6) is 3.33. The summed E-state index contributed by atoms with van der Waals surface area (Å²) in [5, 5.41) is 12.1. The van der Waals surface area contributed by atoms with E-state index in [4.69, 9.17) is 0 Å². The molecule has 1 aliphatic rings. The van der Waals surface area contributed by atoms with Crippen LogP contribution in [-0.2, 0) is 6.42 Å². The number of rotatable bonds is 6. The number of fused-ring (bicyclic) bond motifs is 1. The van der Waals surface area contributed by atoms with Crippen LogP contribution in [0.4, 0.5) is 0 Å². The van der Waals surface area contributed by atoms with Crippen molar-refractivity contribution >= 4 is 11.6 Å². The van der Waals surface area contributed by atoms with Gasteiger partial charge in [-0.1, -0.05) is 49.7 Å². The Kier molecular flexibility index (Phi) is 6.62. The van der Waals surface area contributed by atoms with Crippen molar-refractivity contribution in [2.45, 2.75) is 38.5 Å². The van der Waals surface area contributed by atoms with Gasteiger partial charge in [-0.15, -0.1) is 10.2 Å². The Morgan fingerprint density at radius 2 is 1.97 bits per heavy atom. The first-order chi connectivity index (χ1) is 14.8. The molecule has 3 aromatic rings. The normalized spacial score (nSPS) is 19.9. The molecule has 1 saturated heterocycles. The summed E-state index contributed by atoms with van der Waals surface area (Å²) in [6, 6.07) is 17.0. The maximum absolute atomic E-state index is 4.56. The van der Waals surface area contributed by atoms with Crippen molar-refractivity contribution in [1.82, 2.24) is 24.8 Å². The molecule has 0 bridgehead atoms. The molecular formula is C24H32N6. The lowest BCUT2D eigenvalue weighted by atomic mass is 9.79. The second-order valence-corrected chi connectivity index (χ2v) is 8.04. The summed E-state index contributed by atoms with van der Waals surface area (Å²) >= 11 is 0. The highest BCUT2D eigenvalue weighted by atomic mass is 15.3. The number of piperidine rings is 1. The van der Waals surface area contributed by atoms with Crippen LogP contribution in [0.2, 0.25) is 0 Å². The average molecular weight is 405 g/mol. The Bertz CT molecular complexity index is 964. The lowest BCUT2D eigenvalue weighted by Gasteiger charge is -2.40. The molecule has 4 rings (SSSR count). The van der Waals surface area contributed by atoms with E-state index < -0.39 is 0 Å². The number of aromatic nitrogens is 3. The summed E-state index contributed by atoms with van der Waals surface area (Å²) in [6.45, 7) is 5.29. The van der Waals surface area contributed by atoms with E-state index in [0.717, 1.165) is 49.9 Å². The summed E-state index contributed by atoms with van der Waals surface area (Å²) < 4.78 is 2.06. The Balaban J connectivity index is 1.30. The molecule has 0 spiro atoms. The first-order valence-corrected chi connectivity index (χ1v) is 11.1.